The van der Waals surface area contributed by atoms with Gasteiger partial charge in [-0.25, -0.2) is 9.18 Å². The molecule has 1 amide bonds. The molecule has 134 valence electrons. The number of carbonyl (C=O) groups is 2. The van der Waals surface area contributed by atoms with Crippen LogP contribution in [-0.4, -0.2) is 55.0 Å². The zero-order valence-electron chi connectivity index (χ0n) is 13.7. The minimum Gasteiger partial charge on any atom is -0.476 e. The van der Waals surface area contributed by atoms with Crippen molar-refractivity contribution >= 4 is 22.8 Å². The van der Waals surface area contributed by atoms with E-state index in [1.54, 1.807) is 21.8 Å². The highest BCUT2D eigenvalue weighted by atomic mass is 19.1. The van der Waals surface area contributed by atoms with Gasteiger partial charge >= 0.3 is 5.97 Å². The number of benzene rings is 1. The van der Waals surface area contributed by atoms with Crippen molar-refractivity contribution in [3.05, 3.63) is 47.7 Å². The molecule has 2 aromatic heterocycles. The Morgan fingerprint density at radius 2 is 2.15 bits per heavy atom. The molecule has 26 heavy (non-hydrogen) atoms. The summed E-state index contributed by atoms with van der Waals surface area (Å²) in [6, 6.07) is 5.48. The Hall–Kier alpha value is -3.23. The monoisotopic (exact) mass is 357 g/mol. The van der Waals surface area contributed by atoms with Gasteiger partial charge in [-0.15, -0.1) is 0 Å². The molecular formula is C17H16FN5O3. The van der Waals surface area contributed by atoms with E-state index in [-0.39, 0.29) is 23.3 Å². The van der Waals surface area contributed by atoms with Gasteiger partial charge in [-0.05, 0) is 37.1 Å². The van der Waals surface area contributed by atoms with Gasteiger partial charge < -0.3 is 10.0 Å². The molecule has 0 aliphatic carbocycles. The Labute approximate surface area is 147 Å². The lowest BCUT2D eigenvalue weighted by Crippen LogP contribution is -2.41. The topological polar surface area (TPSA) is 104 Å². The molecule has 1 atom stereocenters. The Bertz CT molecular complexity index is 995. The van der Waals surface area contributed by atoms with Crippen LogP contribution in [0.15, 0.2) is 30.5 Å². The van der Waals surface area contributed by atoms with Gasteiger partial charge in [-0.2, -0.15) is 10.2 Å². The third-order valence-electron chi connectivity index (χ3n) is 4.61. The van der Waals surface area contributed by atoms with Crippen molar-refractivity contribution in [1.29, 1.82) is 0 Å². The van der Waals surface area contributed by atoms with Gasteiger partial charge in [-0.1, -0.05) is 0 Å². The predicted octanol–water partition coefficient (Wildman–Crippen LogP) is 2.07. The van der Waals surface area contributed by atoms with E-state index >= 15 is 0 Å². The standard InChI is InChI=1S/C17H16FN5O3/c18-10-3-4-13-12(8-10)15(20-19-13)16(24)22-6-1-2-11(9-22)23-7-5-14(21-23)17(25)26/h3-5,7-8,11H,1-2,6,9H2,(H,19,20)(H,25,26). The number of carboxylic acid groups (broad SMARTS) is 1. The van der Waals surface area contributed by atoms with Crippen LogP contribution in [0.4, 0.5) is 4.39 Å². The van der Waals surface area contributed by atoms with Crippen molar-refractivity contribution in [2.24, 2.45) is 0 Å². The third kappa shape index (κ3) is 2.81. The number of likely N-dealkylation sites (tertiary alicyclic amines) is 1. The van der Waals surface area contributed by atoms with Crippen molar-refractivity contribution in [2.45, 2.75) is 18.9 Å². The Morgan fingerprint density at radius 3 is 2.92 bits per heavy atom. The summed E-state index contributed by atoms with van der Waals surface area (Å²) in [7, 11) is 0. The number of nitrogens with zero attached hydrogens (tertiary/aromatic N) is 4. The number of amides is 1. The molecule has 3 heterocycles. The number of nitrogens with one attached hydrogen (secondary N) is 1. The van der Waals surface area contributed by atoms with Gasteiger partial charge in [0.15, 0.2) is 11.4 Å². The van der Waals surface area contributed by atoms with E-state index in [1.165, 1.54) is 18.2 Å². The lowest BCUT2D eigenvalue weighted by molar-refractivity contribution is 0.0654. The van der Waals surface area contributed by atoms with E-state index in [4.69, 9.17) is 5.11 Å². The normalized spacial score (nSPS) is 17.6. The minimum atomic E-state index is -1.09. The number of carboxylic acids is 1. The van der Waals surface area contributed by atoms with Crippen LogP contribution in [0.25, 0.3) is 10.9 Å². The number of aromatic amines is 1. The molecule has 3 aromatic rings. The van der Waals surface area contributed by atoms with Crippen LogP contribution >= 0.6 is 0 Å². The zero-order chi connectivity index (χ0) is 18.3. The van der Waals surface area contributed by atoms with Crippen molar-refractivity contribution < 1.29 is 19.1 Å². The smallest absolute Gasteiger partial charge is 0.356 e. The van der Waals surface area contributed by atoms with Crippen LogP contribution in [0, 0.1) is 5.82 Å². The van der Waals surface area contributed by atoms with Gasteiger partial charge in [0.05, 0.1) is 11.6 Å². The summed E-state index contributed by atoms with van der Waals surface area (Å²) < 4.78 is 15.1. The maximum Gasteiger partial charge on any atom is 0.356 e. The second-order valence-electron chi connectivity index (χ2n) is 6.30. The summed E-state index contributed by atoms with van der Waals surface area (Å²) in [5, 5.41) is 20.3. The summed E-state index contributed by atoms with van der Waals surface area (Å²) in [6.07, 6.45) is 3.16. The molecule has 1 saturated heterocycles. The van der Waals surface area contributed by atoms with E-state index in [0.29, 0.717) is 24.0 Å². The van der Waals surface area contributed by atoms with Crippen LogP contribution in [0.5, 0.6) is 0 Å². The number of H-pyrrole nitrogens is 1. The highest BCUT2D eigenvalue weighted by Crippen LogP contribution is 2.24. The summed E-state index contributed by atoms with van der Waals surface area (Å²) in [6.45, 7) is 0.954. The van der Waals surface area contributed by atoms with E-state index < -0.39 is 11.8 Å². The molecule has 8 nitrogen and oxygen atoms in total. The molecule has 0 bridgehead atoms. The molecule has 2 N–H and O–H groups in total. The molecule has 1 aliphatic rings. The highest BCUT2D eigenvalue weighted by molar-refractivity contribution is 6.04. The van der Waals surface area contributed by atoms with E-state index in [1.807, 2.05) is 0 Å². The molecule has 1 aliphatic heterocycles. The number of carbonyl (C=O) groups excluding carboxylic acids is 1. The SMILES string of the molecule is O=C(O)c1ccn(C2CCCN(C(=O)c3n[nH]c4ccc(F)cc34)C2)n1. The van der Waals surface area contributed by atoms with Gasteiger partial charge in [-0.3, -0.25) is 14.6 Å². The van der Waals surface area contributed by atoms with Crippen LogP contribution in [0.2, 0.25) is 0 Å². The highest BCUT2D eigenvalue weighted by Gasteiger charge is 2.28. The summed E-state index contributed by atoms with van der Waals surface area (Å²) in [4.78, 5) is 25.5. The molecule has 1 unspecified atom stereocenters. The zero-order valence-corrected chi connectivity index (χ0v) is 13.7. The first kappa shape index (κ1) is 16.2. The van der Waals surface area contributed by atoms with Crippen LogP contribution < -0.4 is 0 Å². The molecular weight excluding hydrogens is 341 g/mol. The first-order valence-corrected chi connectivity index (χ1v) is 8.24. The maximum atomic E-state index is 13.5. The van der Waals surface area contributed by atoms with E-state index in [0.717, 1.165) is 12.8 Å². The van der Waals surface area contributed by atoms with Crippen molar-refractivity contribution in [3.63, 3.8) is 0 Å². The molecule has 0 spiro atoms. The van der Waals surface area contributed by atoms with Crippen molar-refractivity contribution in [2.75, 3.05) is 13.1 Å². The molecule has 0 saturated carbocycles. The van der Waals surface area contributed by atoms with Crippen LogP contribution in [-0.2, 0) is 0 Å². The largest absolute Gasteiger partial charge is 0.476 e. The number of aromatic carboxylic acids is 1. The molecule has 9 heteroatoms. The number of hydrogen-bond donors (Lipinski definition) is 2. The quantitative estimate of drug-likeness (QED) is 0.747. The minimum absolute atomic E-state index is 0.0257. The first-order chi connectivity index (χ1) is 12.5. The summed E-state index contributed by atoms with van der Waals surface area (Å²) in [5.74, 6) is -1.79. The maximum absolute atomic E-state index is 13.5. The Balaban J connectivity index is 1.57. The number of hydrogen-bond acceptors (Lipinski definition) is 4. The van der Waals surface area contributed by atoms with Crippen LogP contribution in [0.3, 0.4) is 0 Å². The molecule has 1 fully saturated rings. The van der Waals surface area contributed by atoms with Gasteiger partial charge in [0.1, 0.15) is 5.82 Å². The van der Waals surface area contributed by atoms with E-state index in [9.17, 15) is 14.0 Å². The second kappa shape index (κ2) is 6.25. The predicted molar refractivity (Wildman–Crippen MR) is 89.4 cm³/mol. The fraction of sp³-hybridized carbons (Fsp3) is 0.294. The van der Waals surface area contributed by atoms with Gasteiger partial charge in [0.25, 0.3) is 5.91 Å². The fourth-order valence-electron chi connectivity index (χ4n) is 3.31. The number of fused-ring (bicyclic) bond motifs is 1. The molecule has 1 aromatic carbocycles. The summed E-state index contributed by atoms with van der Waals surface area (Å²) >= 11 is 0. The Morgan fingerprint density at radius 1 is 1.31 bits per heavy atom. The first-order valence-electron chi connectivity index (χ1n) is 8.24. The third-order valence-corrected chi connectivity index (χ3v) is 4.61. The lowest BCUT2D eigenvalue weighted by Gasteiger charge is -2.32. The number of aromatic nitrogens is 4. The van der Waals surface area contributed by atoms with Gasteiger partial charge in [0.2, 0.25) is 0 Å². The number of halogens is 1. The Kier molecular flexibility index (Phi) is 3.90. The van der Waals surface area contributed by atoms with Crippen molar-refractivity contribution in [1.82, 2.24) is 24.9 Å². The lowest BCUT2D eigenvalue weighted by atomic mass is 10.0. The molecule has 0 radical (unpaired) electrons. The van der Waals surface area contributed by atoms with E-state index in [2.05, 4.69) is 15.3 Å². The average Bonchev–Trinajstić information content (AvgIpc) is 3.28. The van der Waals surface area contributed by atoms with Gasteiger partial charge in [0, 0.05) is 24.7 Å². The molecule has 4 rings (SSSR count). The fourth-order valence-corrected chi connectivity index (χ4v) is 3.31. The number of piperidine rings is 1. The summed E-state index contributed by atoms with van der Waals surface area (Å²) in [5.41, 5.74) is 0.760. The number of rotatable bonds is 3. The van der Waals surface area contributed by atoms with Crippen molar-refractivity contribution in [3.8, 4) is 0 Å². The second-order valence-corrected chi connectivity index (χ2v) is 6.30. The van der Waals surface area contributed by atoms with Crippen LogP contribution in [0.1, 0.15) is 39.9 Å². The average molecular weight is 357 g/mol.